The van der Waals surface area contributed by atoms with Crippen molar-refractivity contribution in [1.82, 2.24) is 5.32 Å². The topological polar surface area (TPSA) is 50.4 Å². The van der Waals surface area contributed by atoms with Gasteiger partial charge in [0, 0.05) is 5.54 Å². The van der Waals surface area contributed by atoms with Crippen molar-refractivity contribution in [2.45, 2.75) is 45.7 Å². The highest BCUT2D eigenvalue weighted by atomic mass is 16.5. The molecule has 2 aromatic rings. The van der Waals surface area contributed by atoms with E-state index in [1.165, 1.54) is 0 Å². The van der Waals surface area contributed by atoms with Gasteiger partial charge in [0.05, 0.1) is 12.8 Å². The molecule has 4 heteroatoms. The Hall–Kier alpha value is -2.33. The molecule has 0 aromatic heterocycles. The highest BCUT2D eigenvalue weighted by molar-refractivity contribution is 5.97. The summed E-state index contributed by atoms with van der Waals surface area (Å²) in [5.74, 6) is 0.553. The second-order valence-corrected chi connectivity index (χ2v) is 6.92. The number of carbonyl (C=O) groups excluding carboxylic acids is 1. The highest BCUT2D eigenvalue weighted by Gasteiger charge is 2.27. The summed E-state index contributed by atoms with van der Waals surface area (Å²) in [6.45, 7) is 8.30. The first-order valence-electron chi connectivity index (χ1n) is 8.64. The SMILES string of the molecule is CCC(C)(C)N[C@H](C(=O)Nc1cc(C)ccc1OC)c1ccccc1. The van der Waals surface area contributed by atoms with Gasteiger partial charge in [-0.1, -0.05) is 43.3 Å². The number of carbonyl (C=O) groups is 1. The van der Waals surface area contributed by atoms with Crippen LogP contribution in [0.5, 0.6) is 5.75 Å². The van der Waals surface area contributed by atoms with Gasteiger partial charge in [-0.2, -0.15) is 0 Å². The number of hydrogen-bond donors (Lipinski definition) is 2. The number of hydrogen-bond acceptors (Lipinski definition) is 3. The average molecular weight is 340 g/mol. The van der Waals surface area contributed by atoms with Crippen LogP contribution in [0.25, 0.3) is 0 Å². The van der Waals surface area contributed by atoms with Crippen LogP contribution in [-0.2, 0) is 4.79 Å². The molecular weight excluding hydrogens is 312 g/mol. The molecule has 2 aromatic carbocycles. The monoisotopic (exact) mass is 340 g/mol. The van der Waals surface area contributed by atoms with Crippen molar-refractivity contribution in [2.24, 2.45) is 0 Å². The van der Waals surface area contributed by atoms with Crippen molar-refractivity contribution in [3.8, 4) is 5.75 Å². The molecule has 0 aliphatic rings. The molecule has 2 N–H and O–H groups in total. The van der Waals surface area contributed by atoms with E-state index in [1.807, 2.05) is 55.5 Å². The average Bonchev–Trinajstić information content (AvgIpc) is 2.60. The summed E-state index contributed by atoms with van der Waals surface area (Å²) in [5, 5.41) is 6.50. The van der Waals surface area contributed by atoms with Crippen LogP contribution in [-0.4, -0.2) is 18.6 Å². The van der Waals surface area contributed by atoms with Gasteiger partial charge in [-0.15, -0.1) is 0 Å². The molecule has 0 radical (unpaired) electrons. The summed E-state index contributed by atoms with van der Waals surface area (Å²) in [5.41, 5.74) is 2.53. The number of aryl methyl sites for hydroxylation is 1. The van der Waals surface area contributed by atoms with E-state index in [9.17, 15) is 4.79 Å². The first-order chi connectivity index (χ1) is 11.9. The lowest BCUT2D eigenvalue weighted by atomic mass is 9.97. The van der Waals surface area contributed by atoms with Crippen LogP contribution in [0.1, 0.15) is 44.4 Å². The third-order valence-electron chi connectivity index (χ3n) is 4.43. The largest absolute Gasteiger partial charge is 0.495 e. The molecule has 0 unspecified atom stereocenters. The first-order valence-corrected chi connectivity index (χ1v) is 8.64. The highest BCUT2D eigenvalue weighted by Crippen LogP contribution is 2.27. The number of ether oxygens (including phenoxy) is 1. The standard InChI is InChI=1S/C21H28N2O2/c1-6-21(3,4)23-19(16-10-8-7-9-11-16)20(24)22-17-14-15(2)12-13-18(17)25-5/h7-14,19,23H,6H2,1-5H3,(H,22,24)/t19-/m0/s1. The van der Waals surface area contributed by atoms with Gasteiger partial charge < -0.3 is 10.1 Å². The molecule has 1 atom stereocenters. The Morgan fingerprint density at radius 3 is 2.44 bits per heavy atom. The maximum absolute atomic E-state index is 13.1. The molecule has 0 saturated carbocycles. The number of benzene rings is 2. The number of anilines is 1. The van der Waals surface area contributed by atoms with Gasteiger partial charge in [-0.25, -0.2) is 0 Å². The maximum Gasteiger partial charge on any atom is 0.246 e. The van der Waals surface area contributed by atoms with Gasteiger partial charge >= 0.3 is 0 Å². The Labute approximate surface area is 150 Å². The molecule has 1 amide bonds. The summed E-state index contributed by atoms with van der Waals surface area (Å²) in [7, 11) is 1.60. The predicted molar refractivity (Wildman–Crippen MR) is 103 cm³/mol. The molecule has 134 valence electrons. The van der Waals surface area contributed by atoms with Gasteiger partial charge in [0.15, 0.2) is 0 Å². The molecule has 0 spiro atoms. The first kappa shape index (κ1) is 19.0. The Balaban J connectivity index is 2.31. The van der Waals surface area contributed by atoms with E-state index in [-0.39, 0.29) is 11.4 Å². The van der Waals surface area contributed by atoms with E-state index < -0.39 is 6.04 Å². The molecule has 0 aliphatic heterocycles. The smallest absolute Gasteiger partial charge is 0.246 e. The summed E-state index contributed by atoms with van der Waals surface area (Å²) < 4.78 is 5.37. The lowest BCUT2D eigenvalue weighted by Crippen LogP contribution is -2.45. The van der Waals surface area contributed by atoms with Crippen molar-refractivity contribution in [3.05, 3.63) is 59.7 Å². The molecule has 0 fully saturated rings. The van der Waals surface area contributed by atoms with E-state index >= 15 is 0 Å². The molecular formula is C21H28N2O2. The van der Waals surface area contributed by atoms with Crippen LogP contribution in [0.4, 0.5) is 5.69 Å². The molecule has 0 heterocycles. The zero-order valence-electron chi connectivity index (χ0n) is 15.7. The fraction of sp³-hybridized carbons (Fsp3) is 0.381. The Kier molecular flexibility index (Phi) is 6.21. The summed E-state index contributed by atoms with van der Waals surface area (Å²) in [6.07, 6.45) is 0.914. The fourth-order valence-corrected chi connectivity index (χ4v) is 2.56. The number of nitrogens with one attached hydrogen (secondary N) is 2. The van der Waals surface area contributed by atoms with Crippen molar-refractivity contribution in [2.75, 3.05) is 12.4 Å². The Morgan fingerprint density at radius 1 is 1.16 bits per heavy atom. The van der Waals surface area contributed by atoms with Crippen LogP contribution in [0.3, 0.4) is 0 Å². The fourth-order valence-electron chi connectivity index (χ4n) is 2.56. The van der Waals surface area contributed by atoms with Crippen molar-refractivity contribution >= 4 is 11.6 Å². The van der Waals surface area contributed by atoms with E-state index in [1.54, 1.807) is 7.11 Å². The predicted octanol–water partition coefficient (Wildman–Crippen LogP) is 4.46. The molecule has 0 aliphatic carbocycles. The second kappa shape index (κ2) is 8.17. The summed E-state index contributed by atoms with van der Waals surface area (Å²) in [4.78, 5) is 13.1. The van der Waals surface area contributed by atoms with Crippen molar-refractivity contribution in [3.63, 3.8) is 0 Å². The minimum Gasteiger partial charge on any atom is -0.495 e. The van der Waals surface area contributed by atoms with Gasteiger partial charge in [0.25, 0.3) is 0 Å². The van der Waals surface area contributed by atoms with Crippen LogP contribution in [0.2, 0.25) is 0 Å². The summed E-state index contributed by atoms with van der Waals surface area (Å²) >= 11 is 0. The van der Waals surface area contributed by atoms with Gasteiger partial charge in [-0.3, -0.25) is 10.1 Å². The Morgan fingerprint density at radius 2 is 1.84 bits per heavy atom. The number of methoxy groups -OCH3 is 1. The number of amides is 1. The van der Waals surface area contributed by atoms with Gasteiger partial charge in [-0.05, 0) is 50.5 Å². The lowest BCUT2D eigenvalue weighted by molar-refractivity contribution is -0.118. The van der Waals surface area contributed by atoms with Crippen LogP contribution < -0.4 is 15.4 Å². The van der Waals surface area contributed by atoms with Crippen molar-refractivity contribution < 1.29 is 9.53 Å². The van der Waals surface area contributed by atoms with E-state index in [0.29, 0.717) is 11.4 Å². The van der Waals surface area contributed by atoms with Crippen LogP contribution in [0.15, 0.2) is 48.5 Å². The quantitative estimate of drug-likeness (QED) is 0.782. The van der Waals surface area contributed by atoms with Crippen molar-refractivity contribution in [1.29, 1.82) is 0 Å². The number of rotatable bonds is 7. The summed E-state index contributed by atoms with van der Waals surface area (Å²) in [6, 6.07) is 15.1. The van der Waals surface area contributed by atoms with Crippen LogP contribution >= 0.6 is 0 Å². The van der Waals surface area contributed by atoms with Gasteiger partial charge in [0.2, 0.25) is 5.91 Å². The minimum absolute atomic E-state index is 0.100. The normalized spacial score (nSPS) is 12.5. The molecule has 25 heavy (non-hydrogen) atoms. The second-order valence-electron chi connectivity index (χ2n) is 6.92. The third kappa shape index (κ3) is 5.07. The minimum atomic E-state index is -0.443. The van der Waals surface area contributed by atoms with E-state index in [0.717, 1.165) is 17.5 Å². The van der Waals surface area contributed by atoms with E-state index in [4.69, 9.17) is 4.74 Å². The molecule has 4 nitrogen and oxygen atoms in total. The zero-order valence-corrected chi connectivity index (χ0v) is 15.7. The molecule has 0 saturated heterocycles. The zero-order chi connectivity index (χ0) is 18.4. The molecule has 2 rings (SSSR count). The third-order valence-corrected chi connectivity index (χ3v) is 4.43. The van der Waals surface area contributed by atoms with E-state index in [2.05, 4.69) is 31.4 Å². The van der Waals surface area contributed by atoms with Crippen LogP contribution in [0, 0.1) is 6.92 Å². The lowest BCUT2D eigenvalue weighted by Gasteiger charge is -2.31. The Bertz CT molecular complexity index is 711. The van der Waals surface area contributed by atoms with Gasteiger partial charge in [0.1, 0.15) is 11.8 Å². The maximum atomic E-state index is 13.1. The molecule has 0 bridgehead atoms.